The molecule has 1 aliphatic heterocycles. The fourth-order valence-corrected chi connectivity index (χ4v) is 3.64. The minimum atomic E-state index is -0.782. The molecule has 1 atom stereocenters. The van der Waals surface area contributed by atoms with E-state index in [1.54, 1.807) is 43.3 Å². The van der Waals surface area contributed by atoms with Gasteiger partial charge in [-0.05, 0) is 59.3 Å². The first-order valence-electron chi connectivity index (χ1n) is 11.1. The van der Waals surface area contributed by atoms with Gasteiger partial charge in [0.1, 0.15) is 17.7 Å². The van der Waals surface area contributed by atoms with Gasteiger partial charge < -0.3 is 16.0 Å². The fourth-order valence-electron chi connectivity index (χ4n) is 3.64. The summed E-state index contributed by atoms with van der Waals surface area (Å²) in [5.41, 5.74) is 1.69. The number of aryl methyl sites for hydroxylation is 1. The average molecular weight is 494 g/mol. The second-order valence-corrected chi connectivity index (χ2v) is 8.09. The molecule has 0 spiro atoms. The van der Waals surface area contributed by atoms with Crippen molar-refractivity contribution < 1.29 is 23.6 Å². The number of hydrogen-bond donors (Lipinski definition) is 3. The third-order valence-electron chi connectivity index (χ3n) is 5.53. The van der Waals surface area contributed by atoms with E-state index in [-0.39, 0.29) is 49.5 Å². The first-order chi connectivity index (χ1) is 17.3. The predicted molar refractivity (Wildman–Crippen MR) is 125 cm³/mol. The first-order valence-corrected chi connectivity index (χ1v) is 11.1. The molecule has 1 fully saturated rings. The Morgan fingerprint density at radius 3 is 2.31 bits per heavy atom. The number of nitrogens with one attached hydrogen (secondary N) is 3. The van der Waals surface area contributed by atoms with Crippen LogP contribution in [0.25, 0.3) is 0 Å². The van der Waals surface area contributed by atoms with Crippen molar-refractivity contribution in [2.24, 2.45) is 0 Å². The minimum Gasteiger partial charge on any atom is -0.329 e. The van der Waals surface area contributed by atoms with Crippen molar-refractivity contribution >= 4 is 35.1 Å². The Kier molecular flexibility index (Phi) is 7.28. The summed E-state index contributed by atoms with van der Waals surface area (Å²) in [4.78, 5) is 49.4. The SMILES string of the molecule is Cc1nnnn1C(Cc1ccc(F)cc1)C(=O)Nc1ccc(NC(=O)CCN2C(=O)CNC2=O)cc1. The highest BCUT2D eigenvalue weighted by Gasteiger charge is 2.28. The van der Waals surface area contributed by atoms with Crippen LogP contribution in [0.1, 0.15) is 23.9 Å². The number of amides is 5. The summed E-state index contributed by atoms with van der Waals surface area (Å²) in [5.74, 6) is -1.04. The zero-order valence-corrected chi connectivity index (χ0v) is 19.3. The standard InChI is InChI=1S/C23H23FN8O4/c1-14-28-29-30-32(14)19(12-15-2-4-16(24)5-3-15)22(35)27-18-8-6-17(7-9-18)26-20(33)10-11-31-21(34)13-25-23(31)36/h2-9,19H,10-13H2,1H3,(H,25,36)(H,26,33)(H,27,35). The topological polar surface area (TPSA) is 151 Å². The van der Waals surface area contributed by atoms with Crippen LogP contribution >= 0.6 is 0 Å². The Hall–Kier alpha value is -4.68. The molecular formula is C23H23FN8O4. The van der Waals surface area contributed by atoms with Crippen LogP contribution in [0.15, 0.2) is 48.5 Å². The van der Waals surface area contributed by atoms with Crippen LogP contribution in [0.4, 0.5) is 20.6 Å². The van der Waals surface area contributed by atoms with Crippen molar-refractivity contribution in [3.63, 3.8) is 0 Å². The number of carbonyl (C=O) groups is 4. The number of nitrogens with zero attached hydrogens (tertiary/aromatic N) is 5. The molecule has 0 radical (unpaired) electrons. The van der Waals surface area contributed by atoms with E-state index in [4.69, 9.17) is 0 Å². The summed E-state index contributed by atoms with van der Waals surface area (Å²) in [5, 5.41) is 19.3. The Morgan fingerprint density at radius 1 is 1.06 bits per heavy atom. The summed E-state index contributed by atoms with van der Waals surface area (Å²) >= 11 is 0. The number of rotatable bonds is 9. The lowest BCUT2D eigenvalue weighted by Crippen LogP contribution is -2.33. The van der Waals surface area contributed by atoms with Crippen LogP contribution in [0.3, 0.4) is 0 Å². The molecule has 3 N–H and O–H groups in total. The lowest BCUT2D eigenvalue weighted by Gasteiger charge is -2.18. The molecule has 1 unspecified atom stereocenters. The van der Waals surface area contributed by atoms with Crippen LogP contribution in [-0.2, 0) is 20.8 Å². The lowest BCUT2D eigenvalue weighted by atomic mass is 10.0. The van der Waals surface area contributed by atoms with Gasteiger partial charge in [-0.25, -0.2) is 13.9 Å². The smallest absolute Gasteiger partial charge is 0.324 e. The van der Waals surface area contributed by atoms with Crippen molar-refractivity contribution in [3.05, 3.63) is 65.7 Å². The Balaban J connectivity index is 1.37. The van der Waals surface area contributed by atoms with Crippen LogP contribution in [0, 0.1) is 12.7 Å². The van der Waals surface area contributed by atoms with Crippen LogP contribution < -0.4 is 16.0 Å². The number of anilines is 2. The highest BCUT2D eigenvalue weighted by Crippen LogP contribution is 2.20. The van der Waals surface area contributed by atoms with Gasteiger partial charge >= 0.3 is 6.03 Å². The zero-order valence-electron chi connectivity index (χ0n) is 19.3. The molecule has 13 heteroatoms. The Labute approximate surface area is 204 Å². The average Bonchev–Trinajstić information content (AvgIpc) is 3.42. The second-order valence-electron chi connectivity index (χ2n) is 8.09. The van der Waals surface area contributed by atoms with E-state index >= 15 is 0 Å². The molecule has 36 heavy (non-hydrogen) atoms. The highest BCUT2D eigenvalue weighted by molar-refractivity contribution is 6.02. The van der Waals surface area contributed by atoms with E-state index in [9.17, 15) is 23.6 Å². The molecule has 0 aliphatic carbocycles. The number of halogens is 1. The summed E-state index contributed by atoms with van der Waals surface area (Å²) < 4.78 is 14.7. The van der Waals surface area contributed by atoms with Crippen molar-refractivity contribution in [2.45, 2.75) is 25.8 Å². The number of urea groups is 1. The summed E-state index contributed by atoms with van der Waals surface area (Å²) in [7, 11) is 0. The first kappa shape index (κ1) is 24.4. The molecule has 4 rings (SSSR count). The monoisotopic (exact) mass is 494 g/mol. The van der Waals surface area contributed by atoms with Gasteiger partial charge in [-0.2, -0.15) is 0 Å². The molecule has 3 aromatic rings. The second kappa shape index (κ2) is 10.7. The highest BCUT2D eigenvalue weighted by atomic mass is 19.1. The van der Waals surface area contributed by atoms with Gasteiger partial charge in [0.2, 0.25) is 17.7 Å². The molecular weight excluding hydrogens is 471 g/mol. The van der Waals surface area contributed by atoms with Gasteiger partial charge in [-0.1, -0.05) is 12.1 Å². The third-order valence-corrected chi connectivity index (χ3v) is 5.53. The van der Waals surface area contributed by atoms with Gasteiger partial charge in [0.25, 0.3) is 0 Å². The van der Waals surface area contributed by atoms with E-state index in [0.717, 1.165) is 10.5 Å². The van der Waals surface area contributed by atoms with Crippen molar-refractivity contribution in [1.29, 1.82) is 0 Å². The molecule has 186 valence electrons. The normalized spacial score (nSPS) is 13.9. The van der Waals surface area contributed by atoms with E-state index < -0.39 is 12.1 Å². The predicted octanol–water partition coefficient (Wildman–Crippen LogP) is 1.42. The van der Waals surface area contributed by atoms with Crippen LogP contribution in [0.2, 0.25) is 0 Å². The molecule has 0 saturated carbocycles. The third kappa shape index (κ3) is 5.87. The van der Waals surface area contributed by atoms with E-state index in [0.29, 0.717) is 17.2 Å². The summed E-state index contributed by atoms with van der Waals surface area (Å²) in [6.45, 7) is 1.59. The van der Waals surface area contributed by atoms with Crippen molar-refractivity contribution in [2.75, 3.05) is 23.7 Å². The van der Waals surface area contributed by atoms with Crippen LogP contribution in [-0.4, -0.2) is 61.9 Å². The summed E-state index contributed by atoms with van der Waals surface area (Å²) in [6.07, 6.45) is 0.192. The quantitative estimate of drug-likeness (QED) is 0.381. The van der Waals surface area contributed by atoms with Gasteiger partial charge in [-0.3, -0.25) is 19.3 Å². The van der Waals surface area contributed by atoms with E-state index in [2.05, 4.69) is 31.5 Å². The molecule has 2 heterocycles. The van der Waals surface area contributed by atoms with Crippen molar-refractivity contribution in [1.82, 2.24) is 30.4 Å². The van der Waals surface area contributed by atoms with Gasteiger partial charge in [0, 0.05) is 30.8 Å². The number of aromatic nitrogens is 4. The zero-order chi connectivity index (χ0) is 25.7. The molecule has 1 aliphatic rings. The van der Waals surface area contributed by atoms with Gasteiger partial charge in [-0.15, -0.1) is 5.10 Å². The number of benzene rings is 2. The lowest BCUT2D eigenvalue weighted by molar-refractivity contribution is -0.125. The van der Waals surface area contributed by atoms with Crippen molar-refractivity contribution in [3.8, 4) is 0 Å². The number of hydrogen-bond acceptors (Lipinski definition) is 7. The number of tetrazole rings is 1. The maximum Gasteiger partial charge on any atom is 0.324 e. The van der Waals surface area contributed by atoms with E-state index in [1.165, 1.54) is 16.8 Å². The summed E-state index contributed by atoms with van der Waals surface area (Å²) in [6, 6.07) is 11.0. The van der Waals surface area contributed by atoms with E-state index in [1.807, 2.05) is 0 Å². The molecule has 2 aromatic carbocycles. The molecule has 1 saturated heterocycles. The maximum absolute atomic E-state index is 13.3. The van der Waals surface area contributed by atoms with Crippen LogP contribution in [0.5, 0.6) is 0 Å². The number of imide groups is 1. The number of carbonyl (C=O) groups excluding carboxylic acids is 4. The molecule has 12 nitrogen and oxygen atoms in total. The molecule has 1 aromatic heterocycles. The Morgan fingerprint density at radius 2 is 1.72 bits per heavy atom. The van der Waals surface area contributed by atoms with Gasteiger partial charge in [0.05, 0.1) is 6.54 Å². The maximum atomic E-state index is 13.3. The Bertz CT molecular complexity index is 1260. The van der Waals surface area contributed by atoms with Gasteiger partial charge in [0.15, 0.2) is 0 Å². The molecule has 0 bridgehead atoms. The largest absolute Gasteiger partial charge is 0.329 e. The fraction of sp³-hybridized carbons (Fsp3) is 0.261. The molecule has 5 amide bonds. The minimum absolute atomic E-state index is 0.0172.